The minimum absolute atomic E-state index is 0.0566. The Morgan fingerprint density at radius 1 is 0.944 bits per heavy atom. The second-order valence-corrected chi connectivity index (χ2v) is 8.65. The Labute approximate surface area is 211 Å². The molecule has 0 radical (unpaired) electrons. The molecule has 0 saturated carbocycles. The number of aryl methyl sites for hydroxylation is 1. The molecule has 1 heterocycles. The highest BCUT2D eigenvalue weighted by Crippen LogP contribution is 2.32. The molecule has 0 spiro atoms. The third-order valence-corrected chi connectivity index (χ3v) is 5.51. The molecule has 1 atom stereocenters. The van der Waals surface area contributed by atoms with Crippen LogP contribution in [0.15, 0.2) is 72.9 Å². The second-order valence-electron chi connectivity index (χ2n) is 8.65. The largest absolute Gasteiger partial charge is 0.497 e. The maximum atomic E-state index is 13.7. The van der Waals surface area contributed by atoms with E-state index in [1.165, 1.54) is 4.90 Å². The molecule has 0 saturated heterocycles. The summed E-state index contributed by atoms with van der Waals surface area (Å²) in [6.45, 7) is 5.62. The van der Waals surface area contributed by atoms with Crippen molar-refractivity contribution in [3.63, 3.8) is 0 Å². The number of hydrogen-bond acceptors (Lipinski definition) is 5. The number of methoxy groups -OCH3 is 1. The van der Waals surface area contributed by atoms with Gasteiger partial charge in [0.1, 0.15) is 17.6 Å². The minimum atomic E-state index is -0.939. The average Bonchev–Trinajstić information content (AvgIpc) is 2.86. The van der Waals surface area contributed by atoms with Gasteiger partial charge in [0.2, 0.25) is 17.7 Å². The Morgan fingerprint density at radius 2 is 1.64 bits per heavy atom. The van der Waals surface area contributed by atoms with Gasteiger partial charge in [-0.05, 0) is 62.2 Å². The summed E-state index contributed by atoms with van der Waals surface area (Å²) in [7, 11) is 1.57. The first-order valence-electron chi connectivity index (χ1n) is 11.8. The lowest BCUT2D eigenvalue weighted by Gasteiger charge is -2.33. The van der Waals surface area contributed by atoms with E-state index in [4.69, 9.17) is 4.74 Å². The van der Waals surface area contributed by atoms with Crippen LogP contribution in [0.5, 0.6) is 5.75 Å². The van der Waals surface area contributed by atoms with Crippen molar-refractivity contribution in [3.05, 3.63) is 84.1 Å². The second kappa shape index (κ2) is 12.5. The molecule has 0 aliphatic heterocycles. The molecule has 36 heavy (non-hydrogen) atoms. The van der Waals surface area contributed by atoms with Crippen LogP contribution in [0.25, 0.3) is 0 Å². The van der Waals surface area contributed by atoms with Crippen molar-refractivity contribution >= 4 is 29.2 Å². The quantitative estimate of drug-likeness (QED) is 0.440. The van der Waals surface area contributed by atoms with E-state index in [1.54, 1.807) is 61.8 Å². The molecule has 0 unspecified atom stereocenters. The first-order chi connectivity index (χ1) is 17.3. The van der Waals surface area contributed by atoms with E-state index in [-0.39, 0.29) is 36.6 Å². The SMILES string of the molecule is COc1ccc([C@@H](C(=O)NC(C)C)N(C(=O)CCC(=O)Nc2ccccn2)c2ccccc2C)cc1. The molecule has 1 aromatic heterocycles. The lowest BCUT2D eigenvalue weighted by atomic mass is 10.0. The lowest BCUT2D eigenvalue weighted by molar-refractivity contribution is -0.127. The summed E-state index contributed by atoms with van der Waals surface area (Å²) in [5, 5.41) is 5.64. The number of benzene rings is 2. The number of para-hydroxylation sites is 1. The number of rotatable bonds is 10. The fraction of sp³-hybridized carbons (Fsp3) is 0.286. The molecule has 8 nitrogen and oxygen atoms in total. The standard InChI is InChI=1S/C28H32N4O4/c1-19(2)30-28(35)27(21-12-14-22(36-4)15-13-21)32(23-10-6-5-9-20(23)3)26(34)17-16-25(33)31-24-11-7-8-18-29-24/h5-15,18-19,27H,16-17H2,1-4H3,(H,30,35)(H,29,31,33)/t27-/m0/s1. The smallest absolute Gasteiger partial charge is 0.248 e. The normalized spacial score (nSPS) is 11.5. The fourth-order valence-corrected chi connectivity index (χ4v) is 3.80. The van der Waals surface area contributed by atoms with Gasteiger partial charge in [0.15, 0.2) is 0 Å². The van der Waals surface area contributed by atoms with Gasteiger partial charge in [-0.15, -0.1) is 0 Å². The van der Waals surface area contributed by atoms with Crippen molar-refractivity contribution in [1.29, 1.82) is 0 Å². The van der Waals surface area contributed by atoms with Gasteiger partial charge < -0.3 is 15.4 Å². The van der Waals surface area contributed by atoms with Crippen LogP contribution in [0.3, 0.4) is 0 Å². The Hall–Kier alpha value is -4.20. The highest BCUT2D eigenvalue weighted by atomic mass is 16.5. The molecule has 0 bridgehead atoms. The van der Waals surface area contributed by atoms with Crippen LogP contribution < -0.4 is 20.3 Å². The number of ether oxygens (including phenoxy) is 1. The van der Waals surface area contributed by atoms with Gasteiger partial charge in [0.25, 0.3) is 0 Å². The summed E-state index contributed by atoms with van der Waals surface area (Å²) in [4.78, 5) is 45.3. The number of hydrogen-bond donors (Lipinski definition) is 2. The number of carbonyl (C=O) groups is 3. The van der Waals surface area contributed by atoms with Crippen LogP contribution in [-0.2, 0) is 14.4 Å². The third kappa shape index (κ3) is 6.91. The van der Waals surface area contributed by atoms with Crippen LogP contribution in [0, 0.1) is 6.92 Å². The van der Waals surface area contributed by atoms with Crippen LogP contribution in [0.2, 0.25) is 0 Å². The van der Waals surface area contributed by atoms with Gasteiger partial charge in [-0.25, -0.2) is 4.98 Å². The number of amides is 3. The van der Waals surface area contributed by atoms with E-state index in [0.717, 1.165) is 5.56 Å². The van der Waals surface area contributed by atoms with Crippen LogP contribution in [0.4, 0.5) is 11.5 Å². The molecule has 0 aliphatic carbocycles. The van der Waals surface area contributed by atoms with E-state index in [0.29, 0.717) is 22.8 Å². The number of nitrogens with zero attached hydrogens (tertiary/aromatic N) is 2. The first-order valence-corrected chi connectivity index (χ1v) is 11.8. The Morgan fingerprint density at radius 3 is 2.25 bits per heavy atom. The first kappa shape index (κ1) is 26.4. The van der Waals surface area contributed by atoms with Crippen molar-refractivity contribution in [1.82, 2.24) is 10.3 Å². The van der Waals surface area contributed by atoms with Crippen molar-refractivity contribution in [2.45, 2.75) is 45.7 Å². The highest BCUT2D eigenvalue weighted by Gasteiger charge is 2.33. The van der Waals surface area contributed by atoms with Crippen molar-refractivity contribution < 1.29 is 19.1 Å². The van der Waals surface area contributed by atoms with Crippen LogP contribution in [0.1, 0.15) is 43.9 Å². The molecule has 8 heteroatoms. The van der Waals surface area contributed by atoms with Crippen molar-refractivity contribution in [3.8, 4) is 5.75 Å². The Bertz CT molecular complexity index is 1180. The summed E-state index contributed by atoms with van der Waals surface area (Å²) < 4.78 is 5.27. The summed E-state index contributed by atoms with van der Waals surface area (Å²) in [6.07, 6.45) is 1.43. The predicted molar refractivity (Wildman–Crippen MR) is 140 cm³/mol. The number of anilines is 2. The number of aromatic nitrogens is 1. The summed E-state index contributed by atoms with van der Waals surface area (Å²) in [5.41, 5.74) is 2.07. The molecular weight excluding hydrogens is 456 g/mol. The predicted octanol–water partition coefficient (Wildman–Crippen LogP) is 4.42. The summed E-state index contributed by atoms with van der Waals surface area (Å²) in [5.74, 6) is 0.0594. The summed E-state index contributed by atoms with van der Waals surface area (Å²) >= 11 is 0. The maximum absolute atomic E-state index is 13.7. The van der Waals surface area contributed by atoms with E-state index in [2.05, 4.69) is 15.6 Å². The van der Waals surface area contributed by atoms with Crippen LogP contribution >= 0.6 is 0 Å². The average molecular weight is 489 g/mol. The molecule has 3 rings (SSSR count). The maximum Gasteiger partial charge on any atom is 0.248 e. The molecule has 0 aliphatic rings. The number of nitrogens with one attached hydrogen (secondary N) is 2. The molecule has 2 aromatic carbocycles. The third-order valence-electron chi connectivity index (χ3n) is 5.51. The van der Waals surface area contributed by atoms with Gasteiger partial charge in [0, 0.05) is 30.8 Å². The van der Waals surface area contributed by atoms with Gasteiger partial charge in [-0.3, -0.25) is 19.3 Å². The monoisotopic (exact) mass is 488 g/mol. The van der Waals surface area contributed by atoms with E-state index < -0.39 is 6.04 Å². The van der Waals surface area contributed by atoms with E-state index in [1.807, 2.05) is 39.0 Å². The molecular formula is C28H32N4O4. The summed E-state index contributed by atoms with van der Waals surface area (Å²) in [6, 6.07) is 18.6. The molecule has 0 fully saturated rings. The molecule has 3 amide bonds. The molecule has 188 valence electrons. The Kier molecular flexibility index (Phi) is 9.16. The Balaban J connectivity index is 1.95. The zero-order valence-electron chi connectivity index (χ0n) is 21.0. The van der Waals surface area contributed by atoms with E-state index in [9.17, 15) is 14.4 Å². The highest BCUT2D eigenvalue weighted by molar-refractivity contribution is 6.03. The minimum Gasteiger partial charge on any atom is -0.497 e. The zero-order valence-corrected chi connectivity index (χ0v) is 21.0. The number of carbonyl (C=O) groups excluding carboxylic acids is 3. The molecule has 3 aromatic rings. The van der Waals surface area contributed by atoms with Gasteiger partial charge >= 0.3 is 0 Å². The van der Waals surface area contributed by atoms with Crippen molar-refractivity contribution in [2.24, 2.45) is 0 Å². The van der Waals surface area contributed by atoms with Crippen LogP contribution in [-0.4, -0.2) is 35.9 Å². The lowest BCUT2D eigenvalue weighted by Crippen LogP contribution is -2.46. The fourth-order valence-electron chi connectivity index (χ4n) is 3.80. The van der Waals surface area contributed by atoms with Gasteiger partial charge in [-0.1, -0.05) is 36.4 Å². The van der Waals surface area contributed by atoms with Gasteiger partial charge in [-0.2, -0.15) is 0 Å². The topological polar surface area (TPSA) is 101 Å². The van der Waals surface area contributed by atoms with Crippen molar-refractivity contribution in [2.75, 3.05) is 17.3 Å². The van der Waals surface area contributed by atoms with Gasteiger partial charge in [0.05, 0.1) is 7.11 Å². The zero-order chi connectivity index (χ0) is 26.1. The number of pyridine rings is 1. The van der Waals surface area contributed by atoms with E-state index >= 15 is 0 Å². The molecule has 2 N–H and O–H groups in total.